The second-order valence-corrected chi connectivity index (χ2v) is 5.67. The molecule has 0 saturated heterocycles. The largest absolute Gasteiger partial charge is 0.416 e. The van der Waals surface area contributed by atoms with Crippen LogP contribution in [0.4, 0.5) is 18.9 Å². The standard InChI is InChI=1S/C16H17F3N4O2/c1-10(11-2-4-12(5-3-11)16(17,18)19)6-15(25)22-13-7-21-23(8-13)9-14(20)24/h2-5,7-8,10H,6,9H2,1H3,(H2,20,24)(H,22,25). The first-order chi connectivity index (χ1) is 11.6. The number of hydrogen-bond acceptors (Lipinski definition) is 3. The summed E-state index contributed by atoms with van der Waals surface area (Å²) in [5, 5.41) is 6.49. The minimum atomic E-state index is -4.38. The Morgan fingerprint density at radius 2 is 1.92 bits per heavy atom. The van der Waals surface area contributed by atoms with Gasteiger partial charge >= 0.3 is 6.18 Å². The van der Waals surface area contributed by atoms with E-state index < -0.39 is 17.6 Å². The second kappa shape index (κ2) is 7.37. The Morgan fingerprint density at radius 3 is 2.48 bits per heavy atom. The summed E-state index contributed by atoms with van der Waals surface area (Å²) < 4.78 is 38.9. The van der Waals surface area contributed by atoms with Gasteiger partial charge in [0.15, 0.2) is 0 Å². The molecule has 3 N–H and O–H groups in total. The van der Waals surface area contributed by atoms with Crippen molar-refractivity contribution in [2.24, 2.45) is 5.73 Å². The Labute approximate surface area is 141 Å². The number of halogens is 3. The van der Waals surface area contributed by atoms with Crippen molar-refractivity contribution in [3.63, 3.8) is 0 Å². The van der Waals surface area contributed by atoms with Gasteiger partial charge in [-0.15, -0.1) is 0 Å². The second-order valence-electron chi connectivity index (χ2n) is 5.67. The van der Waals surface area contributed by atoms with Crippen LogP contribution in [-0.2, 0) is 22.3 Å². The first kappa shape index (κ1) is 18.5. The Morgan fingerprint density at radius 1 is 1.28 bits per heavy atom. The zero-order valence-corrected chi connectivity index (χ0v) is 13.4. The van der Waals surface area contributed by atoms with E-state index in [1.54, 1.807) is 6.92 Å². The van der Waals surface area contributed by atoms with Crippen molar-refractivity contribution >= 4 is 17.5 Å². The van der Waals surface area contributed by atoms with Crippen LogP contribution in [0.3, 0.4) is 0 Å². The Kier molecular flexibility index (Phi) is 5.45. The number of benzene rings is 1. The lowest BCUT2D eigenvalue weighted by molar-refractivity contribution is -0.137. The van der Waals surface area contributed by atoms with Gasteiger partial charge in [0.2, 0.25) is 11.8 Å². The number of amides is 2. The van der Waals surface area contributed by atoms with E-state index in [1.165, 1.54) is 29.2 Å². The van der Waals surface area contributed by atoms with E-state index in [1.807, 2.05) is 0 Å². The van der Waals surface area contributed by atoms with Gasteiger partial charge in [-0.2, -0.15) is 18.3 Å². The molecule has 0 saturated carbocycles. The smallest absolute Gasteiger partial charge is 0.368 e. The summed E-state index contributed by atoms with van der Waals surface area (Å²) in [4.78, 5) is 22.8. The van der Waals surface area contributed by atoms with Crippen LogP contribution in [-0.4, -0.2) is 21.6 Å². The third-order valence-corrected chi connectivity index (χ3v) is 3.53. The highest BCUT2D eigenvalue weighted by molar-refractivity contribution is 5.91. The number of primary amides is 1. The minimum Gasteiger partial charge on any atom is -0.368 e. The number of carbonyl (C=O) groups is 2. The van der Waals surface area contributed by atoms with Crippen molar-refractivity contribution in [3.05, 3.63) is 47.8 Å². The molecular formula is C16H17F3N4O2. The van der Waals surface area contributed by atoms with Gasteiger partial charge in [0.25, 0.3) is 0 Å². The van der Waals surface area contributed by atoms with E-state index in [0.29, 0.717) is 11.3 Å². The lowest BCUT2D eigenvalue weighted by Crippen LogP contribution is -2.18. The zero-order chi connectivity index (χ0) is 18.6. The third-order valence-electron chi connectivity index (χ3n) is 3.53. The zero-order valence-electron chi connectivity index (χ0n) is 13.4. The van der Waals surface area contributed by atoms with Crippen molar-refractivity contribution < 1.29 is 22.8 Å². The highest BCUT2D eigenvalue weighted by Gasteiger charge is 2.30. The van der Waals surface area contributed by atoms with Gasteiger partial charge in [0, 0.05) is 12.6 Å². The van der Waals surface area contributed by atoms with Crippen LogP contribution >= 0.6 is 0 Å². The molecule has 1 aromatic heterocycles. The average molecular weight is 354 g/mol. The van der Waals surface area contributed by atoms with Gasteiger partial charge in [-0.05, 0) is 23.6 Å². The van der Waals surface area contributed by atoms with Gasteiger partial charge < -0.3 is 11.1 Å². The van der Waals surface area contributed by atoms with E-state index in [9.17, 15) is 22.8 Å². The number of nitrogens with two attached hydrogens (primary N) is 1. The summed E-state index contributed by atoms with van der Waals surface area (Å²) in [6.07, 6.45) is -1.45. The van der Waals surface area contributed by atoms with E-state index in [4.69, 9.17) is 5.73 Å². The van der Waals surface area contributed by atoms with Crippen LogP contribution in [0.1, 0.15) is 30.4 Å². The molecule has 1 heterocycles. The quantitative estimate of drug-likeness (QED) is 0.835. The Balaban J connectivity index is 1.93. The molecular weight excluding hydrogens is 337 g/mol. The number of nitrogens with one attached hydrogen (secondary N) is 1. The SMILES string of the molecule is CC(CC(=O)Nc1cnn(CC(N)=O)c1)c1ccc(C(F)(F)F)cc1. The predicted molar refractivity (Wildman–Crippen MR) is 84.5 cm³/mol. The van der Waals surface area contributed by atoms with Gasteiger partial charge in [0.1, 0.15) is 6.54 Å². The molecule has 2 aromatic rings. The third kappa shape index (κ3) is 5.33. The lowest BCUT2D eigenvalue weighted by Gasteiger charge is -2.13. The van der Waals surface area contributed by atoms with Gasteiger partial charge in [-0.25, -0.2) is 0 Å². The number of nitrogens with zero attached hydrogens (tertiary/aromatic N) is 2. The molecule has 6 nitrogen and oxygen atoms in total. The Hall–Kier alpha value is -2.84. The predicted octanol–water partition coefficient (Wildman–Crippen LogP) is 2.52. The molecule has 1 atom stereocenters. The van der Waals surface area contributed by atoms with Crippen LogP contribution in [0, 0.1) is 0 Å². The van der Waals surface area contributed by atoms with Gasteiger partial charge in [-0.1, -0.05) is 19.1 Å². The summed E-state index contributed by atoms with van der Waals surface area (Å²) >= 11 is 0. The molecule has 0 spiro atoms. The molecule has 0 radical (unpaired) electrons. The summed E-state index contributed by atoms with van der Waals surface area (Å²) in [7, 11) is 0. The molecule has 0 aliphatic heterocycles. The number of aromatic nitrogens is 2. The van der Waals surface area contributed by atoms with E-state index >= 15 is 0 Å². The summed E-state index contributed by atoms with van der Waals surface area (Å²) in [6, 6.07) is 4.73. The highest BCUT2D eigenvalue weighted by Crippen LogP contribution is 2.30. The van der Waals surface area contributed by atoms with Crippen LogP contribution in [0.5, 0.6) is 0 Å². The first-order valence-corrected chi connectivity index (χ1v) is 7.43. The fraction of sp³-hybridized carbons (Fsp3) is 0.312. The van der Waals surface area contributed by atoms with E-state index in [2.05, 4.69) is 10.4 Å². The fourth-order valence-corrected chi connectivity index (χ4v) is 2.28. The van der Waals surface area contributed by atoms with Crippen molar-refractivity contribution in [3.8, 4) is 0 Å². The molecule has 0 aliphatic rings. The molecule has 0 bridgehead atoms. The molecule has 0 aliphatic carbocycles. The monoisotopic (exact) mass is 354 g/mol. The average Bonchev–Trinajstić information content (AvgIpc) is 2.92. The fourth-order valence-electron chi connectivity index (χ4n) is 2.28. The van der Waals surface area contributed by atoms with E-state index in [0.717, 1.165) is 12.1 Å². The highest BCUT2D eigenvalue weighted by atomic mass is 19.4. The van der Waals surface area contributed by atoms with Crippen LogP contribution < -0.4 is 11.1 Å². The lowest BCUT2D eigenvalue weighted by atomic mass is 9.96. The van der Waals surface area contributed by atoms with Crippen molar-refractivity contribution in [2.45, 2.75) is 32.0 Å². The summed E-state index contributed by atoms with van der Waals surface area (Å²) in [5.74, 6) is -1.13. The molecule has 2 rings (SSSR count). The van der Waals surface area contributed by atoms with Crippen molar-refractivity contribution in [2.75, 3.05) is 5.32 Å². The van der Waals surface area contributed by atoms with Gasteiger partial charge in [0.05, 0.1) is 17.4 Å². The van der Waals surface area contributed by atoms with Crippen LogP contribution in [0.2, 0.25) is 0 Å². The number of alkyl halides is 3. The maximum absolute atomic E-state index is 12.6. The van der Waals surface area contributed by atoms with Crippen molar-refractivity contribution in [1.29, 1.82) is 0 Å². The van der Waals surface area contributed by atoms with Gasteiger partial charge in [-0.3, -0.25) is 14.3 Å². The maximum atomic E-state index is 12.6. The Bertz CT molecular complexity index is 753. The molecule has 0 fully saturated rings. The van der Waals surface area contributed by atoms with Crippen LogP contribution in [0.25, 0.3) is 0 Å². The maximum Gasteiger partial charge on any atom is 0.416 e. The number of rotatable bonds is 6. The number of carbonyl (C=O) groups excluding carboxylic acids is 2. The van der Waals surface area contributed by atoms with E-state index in [-0.39, 0.29) is 24.8 Å². The molecule has 1 aromatic carbocycles. The topological polar surface area (TPSA) is 90.0 Å². The number of hydrogen-bond donors (Lipinski definition) is 2. The summed E-state index contributed by atoms with van der Waals surface area (Å²) in [5.41, 5.74) is 5.36. The summed E-state index contributed by atoms with van der Waals surface area (Å²) in [6.45, 7) is 1.65. The minimum absolute atomic E-state index is 0.0896. The molecule has 134 valence electrons. The normalized spacial score (nSPS) is 12.6. The van der Waals surface area contributed by atoms with Crippen LogP contribution in [0.15, 0.2) is 36.7 Å². The first-order valence-electron chi connectivity index (χ1n) is 7.43. The molecule has 9 heteroatoms. The molecule has 2 amide bonds. The number of anilines is 1. The molecule has 25 heavy (non-hydrogen) atoms. The van der Waals surface area contributed by atoms with Crippen molar-refractivity contribution in [1.82, 2.24) is 9.78 Å². The molecule has 1 unspecified atom stereocenters.